The molecule has 164 valence electrons. The molecule has 0 saturated heterocycles. The van der Waals surface area contributed by atoms with Crippen LogP contribution >= 0.6 is 46.1 Å². The van der Waals surface area contributed by atoms with E-state index in [9.17, 15) is 23.2 Å². The number of halogens is 6. The molecule has 2 aromatic carbocycles. The van der Waals surface area contributed by atoms with Gasteiger partial charge in [-0.2, -0.15) is 18.4 Å². The fourth-order valence-corrected chi connectivity index (χ4v) is 4.09. The lowest BCUT2D eigenvalue weighted by molar-refractivity contribution is -0.137. The van der Waals surface area contributed by atoms with E-state index in [1.807, 2.05) is 0 Å². The van der Waals surface area contributed by atoms with Crippen molar-refractivity contribution in [1.82, 2.24) is 4.98 Å². The molecule has 32 heavy (non-hydrogen) atoms. The lowest BCUT2D eigenvalue weighted by Gasteiger charge is -2.09. The highest BCUT2D eigenvalue weighted by molar-refractivity contribution is 7.15. The number of carbonyl (C=O) groups is 1. The molecule has 0 unspecified atom stereocenters. The van der Waals surface area contributed by atoms with E-state index in [-0.39, 0.29) is 32.7 Å². The first-order valence-electron chi connectivity index (χ1n) is 8.75. The molecule has 0 aliphatic heterocycles. The van der Waals surface area contributed by atoms with E-state index in [0.29, 0.717) is 15.5 Å². The predicted octanol–water partition coefficient (Wildman–Crippen LogP) is 7.26. The van der Waals surface area contributed by atoms with Gasteiger partial charge in [0.2, 0.25) is 0 Å². The van der Waals surface area contributed by atoms with Crippen LogP contribution in [0.5, 0.6) is 0 Å². The molecule has 0 spiro atoms. The fourth-order valence-electron chi connectivity index (χ4n) is 2.61. The van der Waals surface area contributed by atoms with Gasteiger partial charge in [-0.3, -0.25) is 10.1 Å². The summed E-state index contributed by atoms with van der Waals surface area (Å²) in [6, 6.07) is 9.49. The zero-order valence-corrected chi connectivity index (χ0v) is 18.9. The lowest BCUT2D eigenvalue weighted by Crippen LogP contribution is -2.13. The minimum absolute atomic E-state index is 0.0949. The Morgan fingerprint density at radius 3 is 2.56 bits per heavy atom. The summed E-state index contributed by atoms with van der Waals surface area (Å²) in [5, 5.41) is 12.9. The van der Waals surface area contributed by atoms with Crippen molar-refractivity contribution in [2.75, 3.05) is 5.32 Å². The van der Waals surface area contributed by atoms with Crippen molar-refractivity contribution >= 4 is 63.3 Å². The van der Waals surface area contributed by atoms with Crippen LogP contribution in [0.3, 0.4) is 0 Å². The first-order valence-corrected chi connectivity index (χ1v) is 10.7. The maximum Gasteiger partial charge on any atom is 0.416 e. The van der Waals surface area contributed by atoms with Crippen LogP contribution in [0.15, 0.2) is 48.2 Å². The molecule has 1 amide bonds. The molecule has 0 fully saturated rings. The van der Waals surface area contributed by atoms with Crippen molar-refractivity contribution in [3.05, 3.63) is 84.8 Å². The third-order valence-electron chi connectivity index (χ3n) is 4.14. The molecule has 0 bridgehead atoms. The number of hydrogen-bond donors (Lipinski definition) is 1. The van der Waals surface area contributed by atoms with Gasteiger partial charge in [-0.25, -0.2) is 4.98 Å². The van der Waals surface area contributed by atoms with Crippen LogP contribution < -0.4 is 5.32 Å². The smallest absolute Gasteiger partial charge is 0.297 e. The number of aromatic nitrogens is 1. The van der Waals surface area contributed by atoms with Crippen LogP contribution in [0, 0.1) is 11.3 Å². The second kappa shape index (κ2) is 9.92. The molecule has 3 rings (SSSR count). The number of nitriles is 1. The van der Waals surface area contributed by atoms with Crippen molar-refractivity contribution in [1.29, 1.82) is 5.26 Å². The molecule has 0 radical (unpaired) electrons. The van der Waals surface area contributed by atoms with E-state index in [0.717, 1.165) is 23.5 Å². The van der Waals surface area contributed by atoms with Gasteiger partial charge in [-0.15, -0.1) is 11.3 Å². The molecular formula is C21H11Cl3F3N3OS. The molecule has 0 saturated carbocycles. The summed E-state index contributed by atoms with van der Waals surface area (Å²) >= 11 is 19.0. The standard InChI is InChI=1S/C21H11Cl3F3N3OS/c22-15-3-1-11(18(24)8-15)5-13(9-28)19(31)30-20-29-10-16(32-20)7-12-6-14(21(25,26)27)2-4-17(12)23/h1-6,8,10H,7H2,(H,29,30,31)/b13-5+. The minimum atomic E-state index is -4.49. The minimum Gasteiger partial charge on any atom is -0.297 e. The molecule has 1 heterocycles. The van der Waals surface area contributed by atoms with Crippen LogP contribution in [-0.4, -0.2) is 10.9 Å². The monoisotopic (exact) mass is 515 g/mol. The van der Waals surface area contributed by atoms with Crippen molar-refractivity contribution < 1.29 is 18.0 Å². The molecule has 0 aliphatic rings. The maximum absolute atomic E-state index is 12.9. The second-order valence-electron chi connectivity index (χ2n) is 6.40. The predicted molar refractivity (Wildman–Crippen MR) is 120 cm³/mol. The van der Waals surface area contributed by atoms with Crippen molar-refractivity contribution in [3.8, 4) is 6.07 Å². The zero-order chi connectivity index (χ0) is 23.5. The molecule has 0 aliphatic carbocycles. The van der Waals surface area contributed by atoms with Gasteiger partial charge in [-0.05, 0) is 47.5 Å². The zero-order valence-electron chi connectivity index (χ0n) is 15.8. The van der Waals surface area contributed by atoms with E-state index >= 15 is 0 Å². The fraction of sp³-hybridized carbons (Fsp3) is 0.0952. The lowest BCUT2D eigenvalue weighted by atomic mass is 10.1. The second-order valence-corrected chi connectivity index (χ2v) is 8.77. The third kappa shape index (κ3) is 6.02. The van der Waals surface area contributed by atoms with E-state index in [1.165, 1.54) is 24.4 Å². The number of nitrogens with zero attached hydrogens (tertiary/aromatic N) is 2. The van der Waals surface area contributed by atoms with Gasteiger partial charge in [0.25, 0.3) is 5.91 Å². The molecule has 11 heteroatoms. The van der Waals surface area contributed by atoms with Crippen LogP contribution in [0.2, 0.25) is 15.1 Å². The van der Waals surface area contributed by atoms with Crippen molar-refractivity contribution in [2.45, 2.75) is 12.6 Å². The van der Waals surface area contributed by atoms with Crippen LogP contribution in [0.1, 0.15) is 21.6 Å². The number of carbonyl (C=O) groups excluding carboxylic acids is 1. The summed E-state index contributed by atoms with van der Waals surface area (Å²) in [6.45, 7) is 0. The summed E-state index contributed by atoms with van der Waals surface area (Å²) in [5.41, 5.74) is -0.314. The maximum atomic E-state index is 12.9. The van der Waals surface area contributed by atoms with Gasteiger partial charge in [-0.1, -0.05) is 40.9 Å². The molecule has 0 atom stereocenters. The number of amides is 1. The first-order chi connectivity index (χ1) is 15.1. The SMILES string of the molecule is N#C/C(=C\c1ccc(Cl)cc1Cl)C(=O)Nc1ncc(Cc2cc(C(F)(F)F)ccc2Cl)s1. The van der Waals surface area contributed by atoms with Crippen LogP contribution in [-0.2, 0) is 17.4 Å². The average molecular weight is 517 g/mol. The number of thiazole rings is 1. The molecule has 1 N–H and O–H groups in total. The number of alkyl halides is 3. The summed E-state index contributed by atoms with van der Waals surface area (Å²) in [6.07, 6.45) is -1.66. The highest BCUT2D eigenvalue weighted by Gasteiger charge is 2.31. The summed E-state index contributed by atoms with van der Waals surface area (Å²) in [4.78, 5) is 17.1. The Labute approximate surface area is 199 Å². The van der Waals surface area contributed by atoms with Gasteiger partial charge in [0.1, 0.15) is 11.6 Å². The summed E-state index contributed by atoms with van der Waals surface area (Å²) in [5.74, 6) is -0.712. The Balaban J connectivity index is 1.75. The van der Waals surface area contributed by atoms with E-state index < -0.39 is 17.6 Å². The van der Waals surface area contributed by atoms with E-state index in [4.69, 9.17) is 34.8 Å². The highest BCUT2D eigenvalue weighted by atomic mass is 35.5. The van der Waals surface area contributed by atoms with E-state index in [2.05, 4.69) is 10.3 Å². The summed E-state index contributed by atoms with van der Waals surface area (Å²) in [7, 11) is 0. The van der Waals surface area contributed by atoms with Gasteiger partial charge in [0.15, 0.2) is 5.13 Å². The largest absolute Gasteiger partial charge is 0.416 e. The first kappa shape index (κ1) is 24.1. The number of rotatable bonds is 5. The van der Waals surface area contributed by atoms with E-state index in [1.54, 1.807) is 18.2 Å². The van der Waals surface area contributed by atoms with Gasteiger partial charge >= 0.3 is 6.18 Å². The topological polar surface area (TPSA) is 65.8 Å². The van der Waals surface area contributed by atoms with Gasteiger partial charge < -0.3 is 0 Å². The number of nitrogens with one attached hydrogen (secondary N) is 1. The molecular weight excluding hydrogens is 506 g/mol. The Kier molecular flexibility index (Phi) is 7.47. The van der Waals surface area contributed by atoms with Crippen LogP contribution in [0.4, 0.5) is 18.3 Å². The third-order valence-corrected chi connectivity index (χ3v) is 5.98. The number of hydrogen-bond acceptors (Lipinski definition) is 4. The number of anilines is 1. The normalized spacial score (nSPS) is 11.8. The Bertz CT molecular complexity index is 1250. The quantitative estimate of drug-likeness (QED) is 0.287. The van der Waals surface area contributed by atoms with Crippen molar-refractivity contribution in [2.24, 2.45) is 0 Å². The average Bonchev–Trinajstić information content (AvgIpc) is 3.15. The van der Waals surface area contributed by atoms with Crippen molar-refractivity contribution in [3.63, 3.8) is 0 Å². The Morgan fingerprint density at radius 1 is 1.16 bits per heavy atom. The number of benzene rings is 2. The van der Waals surface area contributed by atoms with Gasteiger partial charge in [0, 0.05) is 32.6 Å². The van der Waals surface area contributed by atoms with Gasteiger partial charge in [0.05, 0.1) is 5.56 Å². The Morgan fingerprint density at radius 2 is 1.91 bits per heavy atom. The highest BCUT2D eigenvalue weighted by Crippen LogP contribution is 2.33. The molecule has 3 aromatic rings. The molecule has 4 nitrogen and oxygen atoms in total. The Hall–Kier alpha value is -2.57. The summed E-state index contributed by atoms with van der Waals surface area (Å²) < 4.78 is 38.8. The van der Waals surface area contributed by atoms with Crippen LogP contribution in [0.25, 0.3) is 6.08 Å². The molecule has 1 aromatic heterocycles.